The lowest BCUT2D eigenvalue weighted by atomic mass is 10.1. The molecule has 0 unspecified atom stereocenters. The Balaban J connectivity index is 1.77. The molecule has 1 aliphatic heterocycles. The van der Waals surface area contributed by atoms with Gasteiger partial charge in [0.15, 0.2) is 0 Å². The first-order chi connectivity index (χ1) is 9.20. The standard InChI is InChI=1S/C13H19N3O3/c1-2-19-13(18)16-7-4-11(5-8-16)15-12(17)10-3-6-14-9-10/h3,6,9,11,14H,2,4-5,7-8H2,1H3,(H,15,17). The lowest BCUT2D eigenvalue weighted by molar-refractivity contribution is 0.0860. The van der Waals surface area contributed by atoms with Crippen molar-refractivity contribution < 1.29 is 14.3 Å². The number of likely N-dealkylation sites (tertiary alicyclic amines) is 1. The van der Waals surface area contributed by atoms with Gasteiger partial charge in [0.25, 0.3) is 5.91 Å². The summed E-state index contributed by atoms with van der Waals surface area (Å²) in [6, 6.07) is 1.86. The van der Waals surface area contributed by atoms with E-state index in [-0.39, 0.29) is 18.0 Å². The normalized spacial score (nSPS) is 16.2. The molecule has 1 aromatic heterocycles. The Bertz CT molecular complexity index is 422. The Morgan fingerprint density at radius 2 is 2.21 bits per heavy atom. The molecule has 19 heavy (non-hydrogen) atoms. The van der Waals surface area contributed by atoms with Crippen LogP contribution in [0.4, 0.5) is 4.79 Å². The molecule has 104 valence electrons. The number of piperidine rings is 1. The molecule has 2 heterocycles. The van der Waals surface area contributed by atoms with Gasteiger partial charge in [0.2, 0.25) is 0 Å². The average Bonchev–Trinajstić information content (AvgIpc) is 2.94. The van der Waals surface area contributed by atoms with Crippen molar-refractivity contribution >= 4 is 12.0 Å². The van der Waals surface area contributed by atoms with Gasteiger partial charge in [-0.15, -0.1) is 0 Å². The number of carbonyl (C=O) groups excluding carboxylic acids is 2. The molecule has 0 spiro atoms. The maximum absolute atomic E-state index is 11.9. The molecular weight excluding hydrogens is 246 g/mol. The third kappa shape index (κ3) is 3.49. The first kappa shape index (κ1) is 13.5. The number of aromatic amines is 1. The summed E-state index contributed by atoms with van der Waals surface area (Å²) in [4.78, 5) is 27.9. The van der Waals surface area contributed by atoms with Crippen molar-refractivity contribution in [1.29, 1.82) is 0 Å². The molecule has 0 saturated carbocycles. The summed E-state index contributed by atoms with van der Waals surface area (Å²) >= 11 is 0. The maximum Gasteiger partial charge on any atom is 0.409 e. The molecule has 2 amide bonds. The number of hydrogen-bond acceptors (Lipinski definition) is 3. The van der Waals surface area contributed by atoms with Gasteiger partial charge >= 0.3 is 6.09 Å². The summed E-state index contributed by atoms with van der Waals surface area (Å²) in [5.74, 6) is -0.0733. The van der Waals surface area contributed by atoms with Crippen LogP contribution in [0.2, 0.25) is 0 Å². The van der Waals surface area contributed by atoms with Crippen LogP contribution in [0.5, 0.6) is 0 Å². The summed E-state index contributed by atoms with van der Waals surface area (Å²) in [5, 5.41) is 2.98. The smallest absolute Gasteiger partial charge is 0.409 e. The zero-order valence-electron chi connectivity index (χ0n) is 11.0. The molecule has 0 bridgehead atoms. The van der Waals surface area contributed by atoms with Gasteiger partial charge in [0.05, 0.1) is 12.2 Å². The molecule has 6 nitrogen and oxygen atoms in total. The first-order valence-electron chi connectivity index (χ1n) is 6.56. The molecule has 0 aromatic carbocycles. The quantitative estimate of drug-likeness (QED) is 0.866. The van der Waals surface area contributed by atoms with Crippen LogP contribution in [0.1, 0.15) is 30.1 Å². The number of nitrogens with one attached hydrogen (secondary N) is 2. The van der Waals surface area contributed by atoms with E-state index in [2.05, 4.69) is 10.3 Å². The first-order valence-corrected chi connectivity index (χ1v) is 6.56. The summed E-state index contributed by atoms with van der Waals surface area (Å²) in [7, 11) is 0. The number of carbonyl (C=O) groups is 2. The fourth-order valence-electron chi connectivity index (χ4n) is 2.16. The van der Waals surface area contributed by atoms with Crippen molar-refractivity contribution in [1.82, 2.24) is 15.2 Å². The van der Waals surface area contributed by atoms with Gasteiger partial charge in [-0.3, -0.25) is 4.79 Å². The van der Waals surface area contributed by atoms with Crippen LogP contribution in [0.25, 0.3) is 0 Å². The molecule has 6 heteroatoms. The van der Waals surface area contributed by atoms with E-state index in [1.54, 1.807) is 30.3 Å². The molecule has 2 rings (SSSR count). The molecule has 1 saturated heterocycles. The van der Waals surface area contributed by atoms with E-state index in [0.29, 0.717) is 25.3 Å². The van der Waals surface area contributed by atoms with E-state index >= 15 is 0 Å². The Hall–Kier alpha value is -1.98. The summed E-state index contributed by atoms with van der Waals surface area (Å²) in [6.45, 7) is 3.43. The van der Waals surface area contributed by atoms with E-state index in [1.807, 2.05) is 0 Å². The number of H-pyrrole nitrogens is 1. The van der Waals surface area contributed by atoms with Gasteiger partial charge in [-0.05, 0) is 25.8 Å². The van der Waals surface area contributed by atoms with Crippen LogP contribution >= 0.6 is 0 Å². The number of rotatable bonds is 3. The lowest BCUT2D eigenvalue weighted by Crippen LogP contribution is -2.46. The van der Waals surface area contributed by atoms with Crippen molar-refractivity contribution in [2.24, 2.45) is 0 Å². The monoisotopic (exact) mass is 265 g/mol. The molecule has 1 aliphatic rings. The van der Waals surface area contributed by atoms with Gasteiger partial charge in [-0.1, -0.05) is 0 Å². The SMILES string of the molecule is CCOC(=O)N1CCC(NC(=O)c2cc[nH]c2)CC1. The second kappa shape index (κ2) is 6.26. The van der Waals surface area contributed by atoms with Crippen molar-refractivity contribution in [2.45, 2.75) is 25.8 Å². The zero-order valence-corrected chi connectivity index (χ0v) is 11.0. The van der Waals surface area contributed by atoms with Gasteiger partial charge in [0, 0.05) is 31.5 Å². The van der Waals surface area contributed by atoms with Crippen LogP contribution < -0.4 is 5.32 Å². The minimum Gasteiger partial charge on any atom is -0.450 e. The summed E-state index contributed by atoms with van der Waals surface area (Å²) in [5.41, 5.74) is 0.632. The Morgan fingerprint density at radius 3 is 2.79 bits per heavy atom. The van der Waals surface area contributed by atoms with Crippen LogP contribution in [0.3, 0.4) is 0 Å². The maximum atomic E-state index is 11.9. The van der Waals surface area contributed by atoms with E-state index in [4.69, 9.17) is 4.74 Å². The molecular formula is C13H19N3O3. The summed E-state index contributed by atoms with van der Waals surface area (Å²) in [6.07, 6.45) is 4.64. The minimum absolute atomic E-state index is 0.0733. The number of ether oxygens (including phenoxy) is 1. The van der Waals surface area contributed by atoms with E-state index in [9.17, 15) is 9.59 Å². The second-order valence-corrected chi connectivity index (χ2v) is 4.53. The highest BCUT2D eigenvalue weighted by Gasteiger charge is 2.24. The Labute approximate surface area is 112 Å². The van der Waals surface area contributed by atoms with Crippen molar-refractivity contribution in [3.05, 3.63) is 24.0 Å². The van der Waals surface area contributed by atoms with Crippen LogP contribution in [-0.4, -0.2) is 47.6 Å². The largest absolute Gasteiger partial charge is 0.450 e. The molecule has 0 aliphatic carbocycles. The highest BCUT2D eigenvalue weighted by atomic mass is 16.6. The highest BCUT2D eigenvalue weighted by molar-refractivity contribution is 5.94. The molecule has 2 N–H and O–H groups in total. The Kier molecular flexibility index (Phi) is 4.43. The topological polar surface area (TPSA) is 74.4 Å². The lowest BCUT2D eigenvalue weighted by Gasteiger charge is -2.31. The van der Waals surface area contributed by atoms with Gasteiger partial charge < -0.3 is 19.9 Å². The molecule has 0 atom stereocenters. The number of hydrogen-bond donors (Lipinski definition) is 2. The van der Waals surface area contributed by atoms with Crippen molar-refractivity contribution in [3.8, 4) is 0 Å². The van der Waals surface area contributed by atoms with Crippen LogP contribution in [-0.2, 0) is 4.74 Å². The predicted octanol–water partition coefficient (Wildman–Crippen LogP) is 1.37. The van der Waals surface area contributed by atoms with Crippen molar-refractivity contribution in [3.63, 3.8) is 0 Å². The average molecular weight is 265 g/mol. The highest BCUT2D eigenvalue weighted by Crippen LogP contribution is 2.12. The minimum atomic E-state index is -0.266. The van der Waals surface area contributed by atoms with Gasteiger partial charge in [0.1, 0.15) is 0 Å². The van der Waals surface area contributed by atoms with Crippen LogP contribution in [0.15, 0.2) is 18.5 Å². The van der Waals surface area contributed by atoms with Crippen molar-refractivity contribution in [2.75, 3.05) is 19.7 Å². The predicted molar refractivity (Wildman–Crippen MR) is 69.9 cm³/mol. The number of aromatic nitrogens is 1. The van der Waals surface area contributed by atoms with E-state index < -0.39 is 0 Å². The second-order valence-electron chi connectivity index (χ2n) is 4.53. The molecule has 1 fully saturated rings. The summed E-state index contributed by atoms with van der Waals surface area (Å²) < 4.78 is 4.95. The number of nitrogens with zero attached hydrogens (tertiary/aromatic N) is 1. The number of amides is 2. The van der Waals surface area contributed by atoms with Gasteiger partial charge in [-0.2, -0.15) is 0 Å². The van der Waals surface area contributed by atoms with E-state index in [1.165, 1.54) is 0 Å². The zero-order chi connectivity index (χ0) is 13.7. The van der Waals surface area contributed by atoms with Crippen LogP contribution in [0, 0.1) is 0 Å². The third-order valence-electron chi connectivity index (χ3n) is 3.22. The fourth-order valence-corrected chi connectivity index (χ4v) is 2.16. The van der Waals surface area contributed by atoms with Gasteiger partial charge in [-0.25, -0.2) is 4.79 Å². The Morgan fingerprint density at radius 1 is 1.47 bits per heavy atom. The third-order valence-corrected chi connectivity index (χ3v) is 3.22. The van der Waals surface area contributed by atoms with E-state index in [0.717, 1.165) is 12.8 Å². The molecule has 1 aromatic rings. The molecule has 0 radical (unpaired) electrons. The fraction of sp³-hybridized carbons (Fsp3) is 0.538.